The van der Waals surface area contributed by atoms with Gasteiger partial charge in [0.2, 0.25) is 0 Å². The molecule has 0 spiro atoms. The van der Waals surface area contributed by atoms with Gasteiger partial charge in [-0.2, -0.15) is 10.2 Å². The maximum absolute atomic E-state index is 11.6. The summed E-state index contributed by atoms with van der Waals surface area (Å²) >= 11 is 11.6. The number of hydrazone groups is 2. The van der Waals surface area contributed by atoms with Gasteiger partial charge in [0.1, 0.15) is 17.5 Å². The highest BCUT2D eigenvalue weighted by molar-refractivity contribution is 8.22. The maximum atomic E-state index is 11.6. The van der Waals surface area contributed by atoms with Crippen LogP contribution >= 0.6 is 36.2 Å². The number of phenols is 1. The molecule has 1 unspecified atom stereocenters. The summed E-state index contributed by atoms with van der Waals surface area (Å²) < 4.78 is 0.507. The molecule has 0 aliphatic heterocycles. The Hall–Kier alpha value is -3.02. The molecule has 162 valence electrons. The zero-order chi connectivity index (χ0) is 22.6. The van der Waals surface area contributed by atoms with E-state index < -0.39 is 12.0 Å². The van der Waals surface area contributed by atoms with Crippen molar-refractivity contribution in [3.63, 3.8) is 0 Å². The number of hydrogen-bond donors (Lipinski definition) is 5. The fraction of sp³-hybridized carbons (Fsp3) is 0.150. The number of hydrogen-bond acceptors (Lipinski definition) is 7. The zero-order valence-corrected chi connectivity index (χ0v) is 18.9. The first-order chi connectivity index (χ1) is 14.9. The van der Waals surface area contributed by atoms with Gasteiger partial charge in [-0.3, -0.25) is 10.9 Å². The molecule has 0 bridgehead atoms. The summed E-state index contributed by atoms with van der Waals surface area (Å²) in [5.41, 5.74) is 7.34. The van der Waals surface area contributed by atoms with Crippen molar-refractivity contribution in [1.82, 2.24) is 16.2 Å². The minimum absolute atomic E-state index is 0.0422. The average molecular weight is 476 g/mol. The van der Waals surface area contributed by atoms with Crippen molar-refractivity contribution in [1.29, 1.82) is 0 Å². The molecule has 0 amide bonds. The second kappa shape index (κ2) is 12.6. The summed E-state index contributed by atoms with van der Waals surface area (Å²) in [7, 11) is 0. The molecule has 5 N–H and O–H groups in total. The summed E-state index contributed by atoms with van der Waals surface area (Å²) in [4.78, 5) is 11.6. The topological polar surface area (TPSA) is 118 Å². The predicted molar refractivity (Wildman–Crippen MR) is 133 cm³/mol. The second-order valence-electron chi connectivity index (χ2n) is 6.07. The maximum Gasteiger partial charge on any atom is 0.326 e. The Balaban J connectivity index is 2.08. The number of nitrogens with one attached hydrogen (secondary N) is 3. The molecular weight excluding hydrogens is 454 g/mol. The van der Waals surface area contributed by atoms with Crippen molar-refractivity contribution >= 4 is 63.5 Å². The normalized spacial score (nSPS) is 12.2. The Labute approximate surface area is 194 Å². The van der Waals surface area contributed by atoms with E-state index in [1.54, 1.807) is 12.1 Å². The average Bonchev–Trinajstić information content (AvgIpc) is 2.77. The Morgan fingerprint density at radius 3 is 2.42 bits per heavy atom. The molecule has 0 saturated carbocycles. The monoisotopic (exact) mass is 475 g/mol. The Kier molecular flexibility index (Phi) is 9.88. The van der Waals surface area contributed by atoms with Crippen LogP contribution in [0, 0.1) is 0 Å². The van der Waals surface area contributed by atoms with Gasteiger partial charge in [-0.25, -0.2) is 4.79 Å². The summed E-state index contributed by atoms with van der Waals surface area (Å²) in [5, 5.41) is 30.0. The third-order valence-electron chi connectivity index (χ3n) is 3.86. The third-order valence-corrected chi connectivity index (χ3v) is 5.12. The molecule has 0 fully saturated rings. The summed E-state index contributed by atoms with van der Waals surface area (Å²) in [6.07, 6.45) is 3.49. The van der Waals surface area contributed by atoms with E-state index in [1.165, 1.54) is 30.1 Å². The number of rotatable bonds is 8. The van der Waals surface area contributed by atoms with Crippen LogP contribution in [0.2, 0.25) is 0 Å². The molecule has 0 saturated heterocycles. The molecule has 0 aromatic heterocycles. The lowest BCUT2D eigenvalue weighted by Crippen LogP contribution is -2.46. The van der Waals surface area contributed by atoms with Gasteiger partial charge in [-0.15, -0.1) is 0 Å². The smallest absolute Gasteiger partial charge is 0.326 e. The molecule has 2 aromatic rings. The van der Waals surface area contributed by atoms with Crippen molar-refractivity contribution in [3.05, 3.63) is 65.7 Å². The fourth-order valence-electron chi connectivity index (χ4n) is 2.34. The highest BCUT2D eigenvalue weighted by Gasteiger charge is 2.19. The number of nitrogens with zero attached hydrogens (tertiary/aromatic N) is 2. The molecule has 2 rings (SSSR count). The van der Waals surface area contributed by atoms with Crippen LogP contribution in [0.5, 0.6) is 5.75 Å². The summed E-state index contributed by atoms with van der Waals surface area (Å²) in [6, 6.07) is 14.6. The van der Waals surface area contributed by atoms with Crippen molar-refractivity contribution in [2.45, 2.75) is 12.5 Å². The van der Waals surface area contributed by atoms with Crippen LogP contribution < -0.4 is 16.2 Å². The molecular formula is C20H21N5O3S3. The first kappa shape index (κ1) is 24.3. The molecule has 2 aromatic carbocycles. The molecule has 0 aliphatic carbocycles. The van der Waals surface area contributed by atoms with E-state index in [9.17, 15) is 15.0 Å². The lowest BCUT2D eigenvalue weighted by molar-refractivity contribution is -0.139. The summed E-state index contributed by atoms with van der Waals surface area (Å²) in [5.74, 6) is -0.959. The van der Waals surface area contributed by atoms with E-state index in [1.807, 2.05) is 36.6 Å². The number of benzene rings is 2. The van der Waals surface area contributed by atoms with E-state index in [4.69, 9.17) is 24.4 Å². The highest BCUT2D eigenvalue weighted by Crippen LogP contribution is 2.11. The van der Waals surface area contributed by atoms with Crippen LogP contribution in [-0.4, -0.2) is 49.8 Å². The molecule has 8 nitrogen and oxygen atoms in total. The lowest BCUT2D eigenvalue weighted by atomic mass is 10.1. The molecule has 31 heavy (non-hydrogen) atoms. The second-order valence-corrected chi connectivity index (χ2v) is 7.96. The third kappa shape index (κ3) is 8.70. The van der Waals surface area contributed by atoms with Crippen molar-refractivity contribution in [2.75, 3.05) is 6.26 Å². The van der Waals surface area contributed by atoms with Gasteiger partial charge in [0.25, 0.3) is 0 Å². The first-order valence-corrected chi connectivity index (χ1v) is 11.0. The fourth-order valence-corrected chi connectivity index (χ4v) is 2.72. The van der Waals surface area contributed by atoms with Crippen LogP contribution in [0.3, 0.4) is 0 Å². The Bertz CT molecular complexity index is 966. The molecule has 0 radical (unpaired) electrons. The van der Waals surface area contributed by atoms with Gasteiger partial charge in [-0.05, 0) is 36.2 Å². The van der Waals surface area contributed by atoms with Crippen molar-refractivity contribution in [3.8, 4) is 5.75 Å². The quantitative estimate of drug-likeness (QED) is 0.223. The standard InChI is InChI=1S/C20H21N5O3S3/c1-31-20(30)25-21-12-17(14-5-3-2-4-6-14)23-24-19(29)22-16(18(27)28)11-13-7-9-15(26)10-8-13/h2-10,12,16,26H,11H2,1H3,(H,25,30)(H,27,28)(H2,22,24,29)/b21-12+,23-17-. The van der Waals surface area contributed by atoms with Gasteiger partial charge in [-0.1, -0.05) is 66.4 Å². The van der Waals surface area contributed by atoms with E-state index >= 15 is 0 Å². The van der Waals surface area contributed by atoms with Gasteiger partial charge in [0.15, 0.2) is 9.43 Å². The van der Waals surface area contributed by atoms with Gasteiger partial charge < -0.3 is 15.5 Å². The SMILES string of the molecule is CSC(=S)N/N=C/C(=N/NC(=S)NC(Cc1ccc(O)cc1)C(=O)O)c1ccccc1. The molecule has 0 aliphatic rings. The van der Waals surface area contributed by atoms with Crippen molar-refractivity contribution in [2.24, 2.45) is 10.2 Å². The first-order valence-electron chi connectivity index (χ1n) is 8.96. The number of carbonyl (C=O) groups is 1. The molecule has 11 heteroatoms. The van der Waals surface area contributed by atoms with Gasteiger partial charge in [0, 0.05) is 12.0 Å². The van der Waals surface area contributed by atoms with Crippen LogP contribution in [0.4, 0.5) is 0 Å². The number of carboxylic acids is 1. The van der Waals surface area contributed by atoms with E-state index in [2.05, 4.69) is 26.4 Å². The van der Waals surface area contributed by atoms with Crippen molar-refractivity contribution < 1.29 is 15.0 Å². The molecule has 1 atom stereocenters. The number of thiocarbonyl (C=S) groups is 2. The highest BCUT2D eigenvalue weighted by atomic mass is 32.2. The Morgan fingerprint density at radius 2 is 1.81 bits per heavy atom. The lowest BCUT2D eigenvalue weighted by Gasteiger charge is -2.16. The van der Waals surface area contributed by atoms with E-state index in [0.717, 1.165) is 11.1 Å². The minimum atomic E-state index is -1.07. The Morgan fingerprint density at radius 1 is 1.13 bits per heavy atom. The van der Waals surface area contributed by atoms with Gasteiger partial charge >= 0.3 is 5.97 Å². The number of aliphatic carboxylic acids is 1. The van der Waals surface area contributed by atoms with Crippen LogP contribution in [0.15, 0.2) is 64.8 Å². The zero-order valence-electron chi connectivity index (χ0n) is 16.5. The van der Waals surface area contributed by atoms with Crippen LogP contribution in [0.25, 0.3) is 0 Å². The van der Waals surface area contributed by atoms with Crippen LogP contribution in [-0.2, 0) is 11.2 Å². The van der Waals surface area contributed by atoms with E-state index in [-0.39, 0.29) is 17.3 Å². The van der Waals surface area contributed by atoms with Gasteiger partial charge in [0.05, 0.1) is 6.21 Å². The predicted octanol–water partition coefficient (Wildman–Crippen LogP) is 2.48. The summed E-state index contributed by atoms with van der Waals surface area (Å²) in [6.45, 7) is 0. The largest absolute Gasteiger partial charge is 0.508 e. The number of thioether (sulfide) groups is 1. The minimum Gasteiger partial charge on any atom is -0.508 e. The number of phenolic OH excluding ortho intramolecular Hbond substituents is 1. The molecule has 0 heterocycles. The number of carboxylic acid groups (broad SMARTS) is 1. The number of aromatic hydroxyl groups is 1. The van der Waals surface area contributed by atoms with Crippen LogP contribution in [0.1, 0.15) is 11.1 Å². The van der Waals surface area contributed by atoms with E-state index in [0.29, 0.717) is 10.0 Å².